The minimum Gasteiger partial charge on any atom is -0.393 e. The number of anilines is 2. The average Bonchev–Trinajstić information content (AvgIpc) is 2.40. The number of nitrogens with one attached hydrogen (secondary N) is 2. The zero-order valence-electron chi connectivity index (χ0n) is 12.5. The molecular weight excluding hydrogens is 252 g/mol. The highest BCUT2D eigenvalue weighted by Gasteiger charge is 2.26. The molecule has 20 heavy (non-hydrogen) atoms. The van der Waals surface area contributed by atoms with Crippen LogP contribution in [0.2, 0.25) is 0 Å². The van der Waals surface area contributed by atoms with Gasteiger partial charge in [0.1, 0.15) is 17.5 Å². The van der Waals surface area contributed by atoms with Crippen LogP contribution in [0.4, 0.5) is 11.6 Å². The molecule has 1 aliphatic carbocycles. The lowest BCUT2D eigenvalue weighted by Gasteiger charge is -2.31. The topological polar surface area (TPSA) is 70.1 Å². The molecule has 1 saturated carbocycles. The second-order valence-corrected chi connectivity index (χ2v) is 5.60. The monoisotopic (exact) mass is 278 g/mol. The molecule has 0 aromatic carbocycles. The summed E-state index contributed by atoms with van der Waals surface area (Å²) >= 11 is 0. The minimum atomic E-state index is -0.0929. The number of hydrogen-bond donors (Lipinski definition) is 3. The summed E-state index contributed by atoms with van der Waals surface area (Å²) in [4.78, 5) is 9.09. The van der Waals surface area contributed by atoms with Crippen molar-refractivity contribution >= 4 is 11.6 Å². The summed E-state index contributed by atoms with van der Waals surface area (Å²) in [6.45, 7) is 6.09. The Bertz CT molecular complexity index is 418. The maximum Gasteiger partial charge on any atom is 0.133 e. The Morgan fingerprint density at radius 1 is 1.15 bits per heavy atom. The molecule has 0 atom stereocenters. The summed E-state index contributed by atoms with van der Waals surface area (Å²) < 4.78 is 0. The fourth-order valence-electron chi connectivity index (χ4n) is 2.38. The fourth-order valence-corrected chi connectivity index (χ4v) is 2.38. The van der Waals surface area contributed by atoms with Crippen LogP contribution in [-0.4, -0.2) is 34.3 Å². The van der Waals surface area contributed by atoms with Gasteiger partial charge in [0.2, 0.25) is 0 Å². The first kappa shape index (κ1) is 15.0. The van der Waals surface area contributed by atoms with Gasteiger partial charge in [-0.2, -0.15) is 0 Å². The Balaban J connectivity index is 1.95. The molecule has 1 heterocycles. The van der Waals surface area contributed by atoms with E-state index in [1.807, 2.05) is 6.07 Å². The maximum atomic E-state index is 9.31. The van der Waals surface area contributed by atoms with Gasteiger partial charge in [0.15, 0.2) is 0 Å². The van der Waals surface area contributed by atoms with Gasteiger partial charge in [0, 0.05) is 25.6 Å². The third kappa shape index (κ3) is 4.34. The summed E-state index contributed by atoms with van der Waals surface area (Å²) in [7, 11) is 0. The number of aryl methyl sites for hydroxylation is 1. The Morgan fingerprint density at radius 2 is 1.85 bits per heavy atom. The third-order valence-electron chi connectivity index (χ3n) is 3.58. The van der Waals surface area contributed by atoms with Crippen molar-refractivity contribution in [3.63, 3.8) is 0 Å². The molecule has 0 unspecified atom stereocenters. The van der Waals surface area contributed by atoms with Crippen LogP contribution in [0.25, 0.3) is 0 Å². The van der Waals surface area contributed by atoms with E-state index in [0.717, 1.165) is 62.7 Å². The van der Waals surface area contributed by atoms with Crippen molar-refractivity contribution < 1.29 is 5.11 Å². The van der Waals surface area contributed by atoms with E-state index in [1.54, 1.807) is 0 Å². The predicted octanol–water partition coefficient (Wildman–Crippen LogP) is 2.43. The van der Waals surface area contributed by atoms with Gasteiger partial charge in [0.25, 0.3) is 0 Å². The molecule has 3 N–H and O–H groups in total. The molecule has 112 valence electrons. The Morgan fingerprint density at radius 3 is 2.45 bits per heavy atom. The van der Waals surface area contributed by atoms with Gasteiger partial charge in [-0.05, 0) is 31.6 Å². The number of aliphatic hydroxyl groups excluding tert-OH is 1. The second kappa shape index (κ2) is 7.43. The van der Waals surface area contributed by atoms with E-state index in [2.05, 4.69) is 34.4 Å². The van der Waals surface area contributed by atoms with Crippen LogP contribution in [0.5, 0.6) is 0 Å². The number of nitrogens with zero attached hydrogens (tertiary/aromatic N) is 2. The van der Waals surface area contributed by atoms with Crippen LogP contribution in [0.15, 0.2) is 6.07 Å². The molecular formula is C15H26N4O. The average molecular weight is 278 g/mol. The lowest BCUT2D eigenvalue weighted by atomic mass is 9.82. The molecule has 0 saturated heterocycles. The standard InChI is InChI=1S/C15H26N4O/c1-3-5-13-18-14(16-6-4-2)9-15(19-13)17-10-11-7-12(20)8-11/h9,11-12,20H,3-8,10H2,1-2H3,(H2,16,17,18,19). The number of hydrogen-bond acceptors (Lipinski definition) is 5. The van der Waals surface area contributed by atoms with Crippen LogP contribution in [-0.2, 0) is 6.42 Å². The first-order chi connectivity index (χ1) is 9.71. The summed E-state index contributed by atoms with van der Waals surface area (Å²) in [5, 5.41) is 16.0. The number of aliphatic hydroxyl groups is 1. The molecule has 0 bridgehead atoms. The van der Waals surface area contributed by atoms with Gasteiger partial charge in [-0.25, -0.2) is 9.97 Å². The maximum absolute atomic E-state index is 9.31. The second-order valence-electron chi connectivity index (χ2n) is 5.60. The largest absolute Gasteiger partial charge is 0.393 e. The zero-order valence-corrected chi connectivity index (χ0v) is 12.5. The van der Waals surface area contributed by atoms with Crippen LogP contribution >= 0.6 is 0 Å². The first-order valence-electron chi connectivity index (χ1n) is 7.75. The summed E-state index contributed by atoms with van der Waals surface area (Å²) in [5.41, 5.74) is 0. The molecule has 2 rings (SSSR count). The number of aromatic nitrogens is 2. The zero-order chi connectivity index (χ0) is 14.4. The normalized spacial score (nSPS) is 21.4. The van der Waals surface area contributed by atoms with Crippen molar-refractivity contribution in [2.45, 2.75) is 52.1 Å². The van der Waals surface area contributed by atoms with E-state index in [0.29, 0.717) is 5.92 Å². The van der Waals surface area contributed by atoms with Gasteiger partial charge in [-0.1, -0.05) is 13.8 Å². The fraction of sp³-hybridized carbons (Fsp3) is 0.733. The van der Waals surface area contributed by atoms with Crippen molar-refractivity contribution in [1.82, 2.24) is 9.97 Å². The van der Waals surface area contributed by atoms with Gasteiger partial charge < -0.3 is 15.7 Å². The molecule has 1 fully saturated rings. The molecule has 0 amide bonds. The van der Waals surface area contributed by atoms with Crippen molar-refractivity contribution in [3.8, 4) is 0 Å². The first-order valence-corrected chi connectivity index (χ1v) is 7.75. The summed E-state index contributed by atoms with van der Waals surface area (Å²) in [5.74, 6) is 3.26. The smallest absolute Gasteiger partial charge is 0.133 e. The van der Waals surface area contributed by atoms with Crippen LogP contribution < -0.4 is 10.6 Å². The Hall–Kier alpha value is -1.36. The van der Waals surface area contributed by atoms with Gasteiger partial charge in [-0.15, -0.1) is 0 Å². The molecule has 0 aliphatic heterocycles. The molecule has 1 aromatic heterocycles. The van der Waals surface area contributed by atoms with E-state index in [1.165, 1.54) is 0 Å². The Labute approximate surface area is 121 Å². The summed E-state index contributed by atoms with van der Waals surface area (Å²) in [6, 6.07) is 1.98. The van der Waals surface area contributed by atoms with E-state index in [9.17, 15) is 5.11 Å². The van der Waals surface area contributed by atoms with Gasteiger partial charge >= 0.3 is 0 Å². The van der Waals surface area contributed by atoms with Crippen LogP contribution in [0.1, 0.15) is 45.4 Å². The van der Waals surface area contributed by atoms with E-state index >= 15 is 0 Å². The van der Waals surface area contributed by atoms with E-state index in [4.69, 9.17) is 0 Å². The molecule has 0 spiro atoms. The van der Waals surface area contributed by atoms with E-state index < -0.39 is 0 Å². The van der Waals surface area contributed by atoms with Gasteiger partial charge in [-0.3, -0.25) is 0 Å². The molecule has 0 radical (unpaired) electrons. The van der Waals surface area contributed by atoms with Crippen molar-refractivity contribution in [2.75, 3.05) is 23.7 Å². The third-order valence-corrected chi connectivity index (χ3v) is 3.58. The van der Waals surface area contributed by atoms with E-state index in [-0.39, 0.29) is 6.10 Å². The summed E-state index contributed by atoms with van der Waals surface area (Å²) in [6.07, 6.45) is 4.74. The van der Waals surface area contributed by atoms with Gasteiger partial charge in [0.05, 0.1) is 6.10 Å². The lowest BCUT2D eigenvalue weighted by Crippen LogP contribution is -2.33. The SMILES string of the molecule is CCCNc1cc(NCC2CC(O)C2)nc(CCC)n1. The molecule has 5 heteroatoms. The highest BCUT2D eigenvalue weighted by molar-refractivity contribution is 5.47. The Kier molecular flexibility index (Phi) is 5.59. The molecule has 1 aromatic rings. The molecule has 1 aliphatic rings. The number of rotatable bonds is 8. The highest BCUT2D eigenvalue weighted by Crippen LogP contribution is 2.27. The van der Waals surface area contributed by atoms with Crippen molar-refractivity contribution in [3.05, 3.63) is 11.9 Å². The predicted molar refractivity (Wildman–Crippen MR) is 82.0 cm³/mol. The quantitative estimate of drug-likeness (QED) is 0.681. The van der Waals surface area contributed by atoms with Crippen LogP contribution in [0.3, 0.4) is 0 Å². The minimum absolute atomic E-state index is 0.0929. The van der Waals surface area contributed by atoms with Crippen molar-refractivity contribution in [2.24, 2.45) is 5.92 Å². The van der Waals surface area contributed by atoms with Crippen LogP contribution in [0, 0.1) is 5.92 Å². The van der Waals surface area contributed by atoms with Crippen molar-refractivity contribution in [1.29, 1.82) is 0 Å². The molecule has 5 nitrogen and oxygen atoms in total. The highest BCUT2D eigenvalue weighted by atomic mass is 16.3. The lowest BCUT2D eigenvalue weighted by molar-refractivity contribution is 0.0486.